The maximum absolute atomic E-state index is 13.5. The van der Waals surface area contributed by atoms with Crippen molar-refractivity contribution in [1.29, 1.82) is 0 Å². The molecule has 7 nitrogen and oxygen atoms in total. The Kier molecular flexibility index (Phi) is 4.62. The summed E-state index contributed by atoms with van der Waals surface area (Å²) in [7, 11) is -4.11. The number of anilines is 2. The average Bonchev–Trinajstić information content (AvgIpc) is 2.99. The second-order valence-electron chi connectivity index (χ2n) is 5.90. The van der Waals surface area contributed by atoms with Gasteiger partial charge in [0.25, 0.3) is 9.84 Å². The van der Waals surface area contributed by atoms with Gasteiger partial charge < -0.3 is 9.80 Å². The van der Waals surface area contributed by atoms with Crippen LogP contribution in [0, 0.1) is 5.82 Å². The molecule has 1 aliphatic rings. The van der Waals surface area contributed by atoms with Gasteiger partial charge in [-0.25, -0.2) is 12.8 Å². The number of aryl methyl sites for hydroxylation is 1. The summed E-state index contributed by atoms with van der Waals surface area (Å²) in [5.41, 5.74) is -5.44. The highest BCUT2D eigenvalue weighted by Crippen LogP contribution is 2.37. The van der Waals surface area contributed by atoms with Crippen molar-refractivity contribution in [2.24, 2.45) is 7.05 Å². The Balaban J connectivity index is 1.94. The fraction of sp³-hybridized carbons (Fsp3) is 0.333. The van der Waals surface area contributed by atoms with Crippen molar-refractivity contribution in [2.75, 3.05) is 29.4 Å². The van der Waals surface area contributed by atoms with E-state index >= 15 is 0 Å². The number of aromatic nitrogens is 2. The molecule has 0 aliphatic carbocycles. The molecule has 1 saturated heterocycles. The molecule has 0 unspecified atom stereocenters. The number of carbonyl (C=O) groups excluding carboxylic acids is 1. The maximum Gasteiger partial charge on any atom is 0.501 e. The van der Waals surface area contributed by atoms with Gasteiger partial charge in [-0.3, -0.25) is 9.48 Å². The van der Waals surface area contributed by atoms with E-state index in [1.54, 1.807) is 13.2 Å². The molecule has 1 fully saturated rings. The summed E-state index contributed by atoms with van der Waals surface area (Å²) in [6.07, 6.45) is 3.07. The quantitative estimate of drug-likeness (QED) is 0.726. The van der Waals surface area contributed by atoms with E-state index in [1.807, 2.05) is 0 Å². The van der Waals surface area contributed by atoms with Crippen LogP contribution in [0.5, 0.6) is 0 Å². The number of carbonyl (C=O) groups is 1. The molecule has 12 heteroatoms. The third kappa shape index (κ3) is 3.48. The van der Waals surface area contributed by atoms with E-state index in [0.717, 1.165) is 12.1 Å². The van der Waals surface area contributed by atoms with E-state index in [0.29, 0.717) is 11.8 Å². The lowest BCUT2D eigenvalue weighted by Crippen LogP contribution is -2.51. The minimum atomic E-state index is -5.78. The first kappa shape index (κ1) is 19.1. The summed E-state index contributed by atoms with van der Waals surface area (Å²) in [5.74, 6) is -1.57. The van der Waals surface area contributed by atoms with E-state index in [2.05, 4.69) is 5.10 Å². The van der Waals surface area contributed by atoms with Crippen LogP contribution in [-0.4, -0.2) is 49.2 Å². The average molecular weight is 406 g/mol. The third-order valence-electron chi connectivity index (χ3n) is 4.08. The highest BCUT2D eigenvalue weighted by Gasteiger charge is 2.48. The van der Waals surface area contributed by atoms with Crippen molar-refractivity contribution in [3.05, 3.63) is 36.4 Å². The summed E-state index contributed by atoms with van der Waals surface area (Å²) < 4.78 is 77.4. The van der Waals surface area contributed by atoms with Crippen LogP contribution in [0.15, 0.2) is 35.5 Å². The Hall–Kier alpha value is -2.63. The maximum atomic E-state index is 13.5. The molecule has 2 heterocycles. The zero-order valence-electron chi connectivity index (χ0n) is 13.9. The Bertz CT molecular complexity index is 987. The first-order valence-corrected chi connectivity index (χ1v) is 9.14. The minimum absolute atomic E-state index is 0.0621. The predicted molar refractivity (Wildman–Crippen MR) is 87.4 cm³/mol. The van der Waals surface area contributed by atoms with Crippen molar-refractivity contribution in [3.63, 3.8) is 0 Å². The molecule has 1 aromatic heterocycles. The number of amides is 1. The zero-order valence-corrected chi connectivity index (χ0v) is 14.8. The second-order valence-corrected chi connectivity index (χ2v) is 7.81. The molecule has 0 atom stereocenters. The molecular formula is C15H14F4N4O3S. The first-order valence-electron chi connectivity index (χ1n) is 7.65. The molecule has 0 radical (unpaired) electrons. The van der Waals surface area contributed by atoms with Gasteiger partial charge in [0.05, 0.1) is 24.1 Å². The van der Waals surface area contributed by atoms with Crippen LogP contribution in [0.25, 0.3) is 0 Å². The summed E-state index contributed by atoms with van der Waals surface area (Å²) in [6.45, 7) is -0.193. The van der Waals surface area contributed by atoms with Crippen LogP contribution in [0.1, 0.15) is 0 Å². The topological polar surface area (TPSA) is 75.5 Å². The minimum Gasteiger partial charge on any atom is -0.359 e. The van der Waals surface area contributed by atoms with Crippen molar-refractivity contribution >= 4 is 27.1 Å². The van der Waals surface area contributed by atoms with Crippen molar-refractivity contribution in [2.45, 2.75) is 10.4 Å². The van der Waals surface area contributed by atoms with Crippen molar-refractivity contribution in [1.82, 2.24) is 9.78 Å². The van der Waals surface area contributed by atoms with Crippen LogP contribution >= 0.6 is 0 Å². The Morgan fingerprint density at radius 1 is 1.19 bits per heavy atom. The van der Waals surface area contributed by atoms with E-state index in [1.165, 1.54) is 20.7 Å². The normalized spacial score (nSPS) is 16.1. The van der Waals surface area contributed by atoms with Gasteiger partial charge in [-0.15, -0.1) is 0 Å². The first-order chi connectivity index (χ1) is 12.5. The number of hydrogen-bond acceptors (Lipinski definition) is 5. The number of rotatable bonds is 3. The van der Waals surface area contributed by atoms with Gasteiger partial charge in [-0.05, 0) is 18.2 Å². The van der Waals surface area contributed by atoms with Gasteiger partial charge >= 0.3 is 5.51 Å². The summed E-state index contributed by atoms with van der Waals surface area (Å²) in [4.78, 5) is 13.8. The highest BCUT2D eigenvalue weighted by atomic mass is 32.2. The van der Waals surface area contributed by atoms with Crippen LogP contribution in [0.4, 0.5) is 28.9 Å². The number of nitrogens with zero attached hydrogens (tertiary/aromatic N) is 4. The monoisotopic (exact) mass is 406 g/mol. The highest BCUT2D eigenvalue weighted by molar-refractivity contribution is 7.92. The van der Waals surface area contributed by atoms with Crippen LogP contribution in [-0.2, 0) is 21.7 Å². The van der Waals surface area contributed by atoms with Crippen molar-refractivity contribution < 1.29 is 30.8 Å². The predicted octanol–water partition coefficient (Wildman–Crippen LogP) is 1.71. The molecule has 27 heavy (non-hydrogen) atoms. The van der Waals surface area contributed by atoms with Gasteiger partial charge in [0.1, 0.15) is 10.7 Å². The van der Waals surface area contributed by atoms with E-state index in [4.69, 9.17) is 0 Å². The zero-order chi connectivity index (χ0) is 20.0. The van der Waals surface area contributed by atoms with Crippen LogP contribution in [0.3, 0.4) is 0 Å². The SMILES string of the molecule is Cn1cc(N2CCN(c3ccc(F)cc3S(=O)(=O)C(F)(F)F)CC2=O)cn1. The van der Waals surface area contributed by atoms with E-state index in [-0.39, 0.29) is 25.3 Å². The molecule has 1 aliphatic heterocycles. The van der Waals surface area contributed by atoms with Gasteiger partial charge in [-0.2, -0.15) is 18.3 Å². The summed E-state index contributed by atoms with van der Waals surface area (Å²) in [5, 5.41) is 3.95. The Labute approximate surface area is 151 Å². The smallest absolute Gasteiger partial charge is 0.359 e. The molecule has 2 aromatic rings. The van der Waals surface area contributed by atoms with Gasteiger partial charge in [-0.1, -0.05) is 0 Å². The molecule has 146 valence electrons. The largest absolute Gasteiger partial charge is 0.501 e. The standard InChI is InChI=1S/C15H14F4N4O3S/c1-21-8-11(7-20-21)23-5-4-22(9-14(23)24)12-3-2-10(16)6-13(12)27(25,26)15(17,18)19/h2-3,6-8H,4-5,9H2,1H3. The Morgan fingerprint density at radius 2 is 1.89 bits per heavy atom. The number of alkyl halides is 3. The lowest BCUT2D eigenvalue weighted by atomic mass is 10.2. The summed E-state index contributed by atoms with van der Waals surface area (Å²) in [6, 6.07) is 2.10. The van der Waals surface area contributed by atoms with Gasteiger partial charge in [0, 0.05) is 26.3 Å². The number of halogens is 4. The summed E-state index contributed by atoms with van der Waals surface area (Å²) >= 11 is 0. The fourth-order valence-corrected chi connectivity index (χ4v) is 3.78. The molecule has 0 N–H and O–H groups in total. The molecule has 0 saturated carbocycles. The van der Waals surface area contributed by atoms with Crippen molar-refractivity contribution in [3.8, 4) is 0 Å². The molecule has 1 aromatic carbocycles. The fourth-order valence-electron chi connectivity index (χ4n) is 2.79. The molecular weight excluding hydrogens is 392 g/mol. The number of piperazine rings is 1. The van der Waals surface area contributed by atoms with Crippen LogP contribution < -0.4 is 9.80 Å². The molecule has 3 rings (SSSR count). The lowest BCUT2D eigenvalue weighted by Gasteiger charge is -2.35. The van der Waals surface area contributed by atoms with Crippen LogP contribution in [0.2, 0.25) is 0 Å². The Morgan fingerprint density at radius 3 is 2.44 bits per heavy atom. The molecule has 1 amide bonds. The molecule has 0 bridgehead atoms. The van der Waals surface area contributed by atoms with E-state index < -0.39 is 32.0 Å². The lowest BCUT2D eigenvalue weighted by molar-refractivity contribution is -0.117. The number of hydrogen-bond donors (Lipinski definition) is 0. The number of benzene rings is 1. The number of sulfone groups is 1. The molecule has 0 spiro atoms. The van der Waals surface area contributed by atoms with Gasteiger partial charge in [0.15, 0.2) is 0 Å². The van der Waals surface area contributed by atoms with Gasteiger partial charge in [0.2, 0.25) is 5.91 Å². The van der Waals surface area contributed by atoms with E-state index in [9.17, 15) is 30.8 Å². The second kappa shape index (κ2) is 6.51. The third-order valence-corrected chi connectivity index (χ3v) is 5.60.